The monoisotopic (exact) mass is 253 g/mol. The molecule has 1 aromatic rings. The third kappa shape index (κ3) is 3.70. The van der Waals surface area contributed by atoms with E-state index in [9.17, 15) is 0 Å². The summed E-state index contributed by atoms with van der Waals surface area (Å²) in [5, 5.41) is 3.66. The van der Waals surface area contributed by atoms with E-state index in [1.54, 1.807) is 0 Å². The van der Waals surface area contributed by atoms with Gasteiger partial charge in [-0.25, -0.2) is 0 Å². The van der Waals surface area contributed by atoms with Gasteiger partial charge in [0.1, 0.15) is 0 Å². The molecule has 0 saturated heterocycles. The summed E-state index contributed by atoms with van der Waals surface area (Å²) in [5.74, 6) is 0. The number of nitrogens with one attached hydrogen (secondary N) is 1. The average molecular weight is 254 g/mol. The van der Waals surface area contributed by atoms with Crippen molar-refractivity contribution in [3.05, 3.63) is 35.4 Å². The van der Waals surface area contributed by atoms with Crippen LogP contribution in [0.1, 0.15) is 30.6 Å². The number of alkyl halides is 1. The van der Waals surface area contributed by atoms with Gasteiger partial charge in [-0.15, -0.1) is 11.6 Å². The van der Waals surface area contributed by atoms with Crippen LogP contribution in [0.4, 0.5) is 0 Å². The number of ether oxygens (including phenoxy) is 1. The summed E-state index contributed by atoms with van der Waals surface area (Å²) in [5.41, 5.74) is 2.77. The van der Waals surface area contributed by atoms with Gasteiger partial charge >= 0.3 is 0 Å². The molecule has 3 heteroatoms. The Morgan fingerprint density at radius 1 is 1.47 bits per heavy atom. The molecule has 0 saturated carbocycles. The molecule has 2 unspecified atom stereocenters. The van der Waals surface area contributed by atoms with Crippen molar-refractivity contribution in [2.75, 3.05) is 19.7 Å². The molecule has 2 nitrogen and oxygen atoms in total. The van der Waals surface area contributed by atoms with Crippen LogP contribution in [-0.2, 0) is 11.2 Å². The molecule has 2 atom stereocenters. The highest BCUT2D eigenvalue weighted by atomic mass is 35.5. The molecule has 1 aliphatic heterocycles. The van der Waals surface area contributed by atoms with Crippen molar-refractivity contribution in [3.8, 4) is 0 Å². The molecule has 0 aromatic heterocycles. The highest BCUT2D eigenvalue weighted by Gasteiger charge is 2.19. The second-order valence-corrected chi connectivity index (χ2v) is 5.33. The summed E-state index contributed by atoms with van der Waals surface area (Å²) in [7, 11) is 0. The smallest absolute Gasteiger partial charge is 0.0952 e. The standard InChI is InChI=1S/C14H20ClNO/c1-11(15)6-8-16-10-14-13-5-3-2-4-12(13)7-9-17-14/h2-5,11,14,16H,6-10H2,1H3. The van der Waals surface area contributed by atoms with Crippen LogP contribution in [0.3, 0.4) is 0 Å². The maximum Gasteiger partial charge on any atom is 0.0952 e. The Hall–Kier alpha value is -0.570. The van der Waals surface area contributed by atoms with Crippen LogP contribution in [0.15, 0.2) is 24.3 Å². The van der Waals surface area contributed by atoms with E-state index in [0.717, 1.165) is 32.5 Å². The van der Waals surface area contributed by atoms with Crippen molar-refractivity contribution in [2.24, 2.45) is 0 Å². The maximum atomic E-state index is 5.91. The first-order valence-corrected chi connectivity index (χ1v) is 6.75. The van der Waals surface area contributed by atoms with Gasteiger partial charge in [0.05, 0.1) is 12.7 Å². The van der Waals surface area contributed by atoms with Crippen molar-refractivity contribution in [3.63, 3.8) is 0 Å². The van der Waals surface area contributed by atoms with E-state index in [1.807, 2.05) is 6.92 Å². The molecule has 0 amide bonds. The zero-order valence-corrected chi connectivity index (χ0v) is 11.0. The van der Waals surface area contributed by atoms with Gasteiger partial charge in [0.2, 0.25) is 0 Å². The van der Waals surface area contributed by atoms with Crippen molar-refractivity contribution in [1.29, 1.82) is 0 Å². The highest BCUT2D eigenvalue weighted by molar-refractivity contribution is 6.20. The molecule has 0 fully saturated rings. The SMILES string of the molecule is CC(Cl)CCNCC1OCCc2ccccc21. The van der Waals surface area contributed by atoms with Gasteiger partial charge in [0.15, 0.2) is 0 Å². The van der Waals surface area contributed by atoms with Crippen LogP contribution in [0.2, 0.25) is 0 Å². The molecule has 1 aromatic carbocycles. The number of hydrogen-bond donors (Lipinski definition) is 1. The number of halogens is 1. The van der Waals surface area contributed by atoms with Gasteiger partial charge < -0.3 is 10.1 Å². The van der Waals surface area contributed by atoms with E-state index >= 15 is 0 Å². The number of fused-ring (bicyclic) bond motifs is 1. The van der Waals surface area contributed by atoms with Crippen molar-refractivity contribution < 1.29 is 4.74 Å². The Labute approximate surface area is 108 Å². The molecule has 1 heterocycles. The zero-order valence-electron chi connectivity index (χ0n) is 10.3. The predicted octanol–water partition coefficient (Wildman–Crippen LogP) is 2.91. The Morgan fingerprint density at radius 2 is 2.29 bits per heavy atom. The van der Waals surface area contributed by atoms with Crippen LogP contribution >= 0.6 is 11.6 Å². The molecular weight excluding hydrogens is 234 g/mol. The van der Waals surface area contributed by atoms with Crippen molar-refractivity contribution >= 4 is 11.6 Å². The van der Waals surface area contributed by atoms with E-state index in [0.29, 0.717) is 0 Å². The van der Waals surface area contributed by atoms with Gasteiger partial charge in [-0.1, -0.05) is 24.3 Å². The first-order chi connectivity index (χ1) is 8.27. The minimum Gasteiger partial charge on any atom is -0.372 e. The minimum atomic E-state index is 0.200. The number of hydrogen-bond acceptors (Lipinski definition) is 2. The van der Waals surface area contributed by atoms with Crippen LogP contribution in [0.25, 0.3) is 0 Å². The van der Waals surface area contributed by atoms with E-state index in [2.05, 4.69) is 29.6 Å². The predicted molar refractivity (Wildman–Crippen MR) is 71.6 cm³/mol. The Bertz CT molecular complexity index is 354. The molecule has 94 valence electrons. The highest BCUT2D eigenvalue weighted by Crippen LogP contribution is 2.26. The maximum absolute atomic E-state index is 5.91. The van der Waals surface area contributed by atoms with E-state index < -0.39 is 0 Å². The summed E-state index contributed by atoms with van der Waals surface area (Å²) in [4.78, 5) is 0. The lowest BCUT2D eigenvalue weighted by molar-refractivity contribution is 0.0426. The number of rotatable bonds is 5. The Morgan fingerprint density at radius 3 is 3.12 bits per heavy atom. The zero-order chi connectivity index (χ0) is 12.1. The molecule has 1 aliphatic rings. The quantitative estimate of drug-likeness (QED) is 0.644. The largest absolute Gasteiger partial charge is 0.372 e. The lowest BCUT2D eigenvalue weighted by Gasteiger charge is -2.26. The van der Waals surface area contributed by atoms with Crippen molar-refractivity contribution in [2.45, 2.75) is 31.2 Å². The fourth-order valence-corrected chi connectivity index (χ4v) is 2.29. The summed E-state index contributed by atoms with van der Waals surface area (Å²) in [6.45, 7) is 4.68. The fraction of sp³-hybridized carbons (Fsp3) is 0.571. The van der Waals surface area contributed by atoms with Crippen LogP contribution in [-0.4, -0.2) is 25.1 Å². The first-order valence-electron chi connectivity index (χ1n) is 6.31. The molecule has 0 radical (unpaired) electrons. The molecule has 0 bridgehead atoms. The van der Waals surface area contributed by atoms with Crippen LogP contribution < -0.4 is 5.32 Å². The van der Waals surface area contributed by atoms with Crippen LogP contribution in [0, 0.1) is 0 Å². The Balaban J connectivity index is 1.86. The van der Waals surface area contributed by atoms with Crippen molar-refractivity contribution in [1.82, 2.24) is 5.32 Å². The lowest BCUT2D eigenvalue weighted by atomic mass is 9.97. The molecule has 1 N–H and O–H groups in total. The molecule has 2 rings (SSSR count). The van der Waals surface area contributed by atoms with Gasteiger partial charge in [0.25, 0.3) is 0 Å². The van der Waals surface area contributed by atoms with E-state index in [1.165, 1.54) is 11.1 Å². The topological polar surface area (TPSA) is 21.3 Å². The average Bonchev–Trinajstić information content (AvgIpc) is 2.34. The summed E-state index contributed by atoms with van der Waals surface area (Å²) in [6, 6.07) is 8.56. The second kappa shape index (κ2) is 6.39. The van der Waals surface area contributed by atoms with E-state index in [-0.39, 0.29) is 11.5 Å². The first kappa shape index (κ1) is 12.9. The van der Waals surface area contributed by atoms with Gasteiger partial charge in [-0.05, 0) is 37.4 Å². The van der Waals surface area contributed by atoms with Gasteiger partial charge in [0, 0.05) is 11.9 Å². The normalized spacial score (nSPS) is 20.9. The summed E-state index contributed by atoms with van der Waals surface area (Å²) >= 11 is 5.91. The third-order valence-corrected chi connectivity index (χ3v) is 3.36. The Kier molecular flexibility index (Phi) is 4.84. The summed E-state index contributed by atoms with van der Waals surface area (Å²) in [6.07, 6.45) is 2.23. The molecule has 0 aliphatic carbocycles. The lowest BCUT2D eigenvalue weighted by Crippen LogP contribution is -2.28. The second-order valence-electron chi connectivity index (χ2n) is 4.58. The van der Waals surface area contributed by atoms with Gasteiger partial charge in [-0.3, -0.25) is 0 Å². The molecule has 0 spiro atoms. The molecular formula is C14H20ClNO. The third-order valence-electron chi connectivity index (χ3n) is 3.14. The fourth-order valence-electron chi connectivity index (χ4n) is 2.18. The number of benzene rings is 1. The minimum absolute atomic E-state index is 0.200. The summed E-state index contributed by atoms with van der Waals surface area (Å²) < 4.78 is 5.82. The van der Waals surface area contributed by atoms with Crippen LogP contribution in [0.5, 0.6) is 0 Å². The molecule has 17 heavy (non-hydrogen) atoms. The van der Waals surface area contributed by atoms with E-state index in [4.69, 9.17) is 16.3 Å². The van der Waals surface area contributed by atoms with Gasteiger partial charge in [-0.2, -0.15) is 0 Å².